The summed E-state index contributed by atoms with van der Waals surface area (Å²) >= 11 is 0. The van der Waals surface area contributed by atoms with Gasteiger partial charge in [-0.05, 0) is 54.7 Å². The van der Waals surface area contributed by atoms with E-state index in [0.29, 0.717) is 23.2 Å². The Hall–Kier alpha value is -1.17. The zero-order valence-corrected chi connectivity index (χ0v) is 22.0. The van der Waals surface area contributed by atoms with Crippen LogP contribution in [0.15, 0.2) is 47.4 Å². The molecule has 2 unspecified atom stereocenters. The molecule has 5 heteroatoms. The number of hydrogen-bond acceptors (Lipinski definition) is 4. The van der Waals surface area contributed by atoms with Gasteiger partial charge in [-0.2, -0.15) is 0 Å². The molecule has 2 saturated heterocycles. The van der Waals surface area contributed by atoms with Crippen LogP contribution in [0.1, 0.15) is 73.1 Å². The van der Waals surface area contributed by atoms with Crippen LogP contribution >= 0.6 is 0 Å². The van der Waals surface area contributed by atoms with Crippen molar-refractivity contribution < 1.29 is 17.9 Å². The van der Waals surface area contributed by atoms with E-state index in [1.807, 2.05) is 6.07 Å². The summed E-state index contributed by atoms with van der Waals surface area (Å²) in [5.74, 6) is 1.22. The minimum Gasteiger partial charge on any atom is -0.374 e. The second kappa shape index (κ2) is 11.5. The molecule has 8 atom stereocenters. The van der Waals surface area contributed by atoms with Crippen LogP contribution in [0.3, 0.4) is 0 Å². The van der Waals surface area contributed by atoms with Crippen molar-refractivity contribution >= 4 is 9.84 Å². The fraction of sp³-hybridized carbons (Fsp3) is 0.714. The SMILES string of the molecule is C=C1C(C[C@@H]2OC(C[C@H](C)CC)[C@H](C)[C@H]2CS(=O)(=O)c2ccccc2)O[C@@H](CCC)C[C@H]1C. The van der Waals surface area contributed by atoms with Gasteiger partial charge in [0.25, 0.3) is 0 Å². The highest BCUT2D eigenvalue weighted by Gasteiger charge is 2.46. The fourth-order valence-electron chi connectivity index (χ4n) is 5.53. The average Bonchev–Trinajstić information content (AvgIpc) is 3.06. The van der Waals surface area contributed by atoms with Crippen LogP contribution in [0.25, 0.3) is 0 Å². The standard InChI is InChI=1S/C28H44O4S/c1-7-12-23-16-20(4)21(5)27(31-23)17-28-25(22(6)26(32-28)15-19(3)8-2)18-33(29,30)24-13-10-9-11-14-24/h9-11,13-14,19-20,22-23,25-28H,5,7-8,12,15-18H2,1-4,6H3/t19-,20-,22-,23+,25-,26?,27?,28+/m1/s1. The van der Waals surface area contributed by atoms with E-state index < -0.39 is 9.84 Å². The number of hydrogen-bond donors (Lipinski definition) is 0. The fourth-order valence-corrected chi connectivity index (χ4v) is 7.32. The third-order valence-corrected chi connectivity index (χ3v) is 9.83. The third kappa shape index (κ3) is 6.49. The van der Waals surface area contributed by atoms with Crippen molar-refractivity contribution in [1.82, 2.24) is 0 Å². The van der Waals surface area contributed by atoms with E-state index in [2.05, 4.69) is 41.2 Å². The Balaban J connectivity index is 1.82. The molecule has 2 fully saturated rings. The molecule has 0 bridgehead atoms. The van der Waals surface area contributed by atoms with Gasteiger partial charge in [-0.1, -0.05) is 72.2 Å². The minimum absolute atomic E-state index is 0.0532. The number of rotatable bonds is 10. The smallest absolute Gasteiger partial charge is 0.178 e. The summed E-state index contributed by atoms with van der Waals surface area (Å²) in [5.41, 5.74) is 1.13. The van der Waals surface area contributed by atoms with Gasteiger partial charge in [-0.25, -0.2) is 8.42 Å². The largest absolute Gasteiger partial charge is 0.374 e. The Kier molecular flexibility index (Phi) is 9.22. The monoisotopic (exact) mass is 476 g/mol. The van der Waals surface area contributed by atoms with Gasteiger partial charge in [0.2, 0.25) is 0 Å². The summed E-state index contributed by atoms with van der Waals surface area (Å²) in [6.07, 6.45) is 6.08. The highest BCUT2D eigenvalue weighted by Crippen LogP contribution is 2.42. The summed E-state index contributed by atoms with van der Waals surface area (Å²) in [6.45, 7) is 15.4. The number of sulfone groups is 1. The van der Waals surface area contributed by atoms with Crippen molar-refractivity contribution in [1.29, 1.82) is 0 Å². The Morgan fingerprint density at radius 1 is 1.09 bits per heavy atom. The maximum atomic E-state index is 13.3. The second-order valence-corrected chi connectivity index (χ2v) is 12.6. The van der Waals surface area contributed by atoms with Crippen LogP contribution in [0.4, 0.5) is 0 Å². The molecule has 0 saturated carbocycles. The molecule has 0 spiro atoms. The average molecular weight is 477 g/mol. The molecular weight excluding hydrogens is 432 g/mol. The summed E-state index contributed by atoms with van der Waals surface area (Å²) in [7, 11) is -3.39. The molecule has 2 heterocycles. The zero-order valence-electron chi connectivity index (χ0n) is 21.2. The van der Waals surface area contributed by atoms with E-state index in [1.54, 1.807) is 24.3 Å². The normalized spacial score (nSPS) is 33.8. The number of ether oxygens (including phenoxy) is 2. The molecule has 4 nitrogen and oxygen atoms in total. The molecule has 0 aliphatic carbocycles. The summed E-state index contributed by atoms with van der Waals surface area (Å²) in [4.78, 5) is 0.399. The molecule has 1 aromatic rings. The van der Waals surface area contributed by atoms with Gasteiger partial charge in [-0.3, -0.25) is 0 Å². The maximum Gasteiger partial charge on any atom is 0.178 e. The lowest BCUT2D eigenvalue weighted by molar-refractivity contribution is -0.0696. The van der Waals surface area contributed by atoms with Crippen molar-refractivity contribution in [2.75, 3.05) is 5.75 Å². The third-order valence-electron chi connectivity index (χ3n) is 8.01. The topological polar surface area (TPSA) is 52.6 Å². The maximum absolute atomic E-state index is 13.3. The molecule has 33 heavy (non-hydrogen) atoms. The molecule has 2 aliphatic rings. The van der Waals surface area contributed by atoms with Gasteiger partial charge >= 0.3 is 0 Å². The van der Waals surface area contributed by atoms with E-state index in [1.165, 1.54) is 0 Å². The molecule has 0 N–H and O–H groups in total. The highest BCUT2D eigenvalue weighted by molar-refractivity contribution is 7.91. The van der Waals surface area contributed by atoms with Gasteiger partial charge in [-0.15, -0.1) is 0 Å². The zero-order chi connectivity index (χ0) is 24.2. The first-order valence-electron chi connectivity index (χ1n) is 12.9. The Morgan fingerprint density at radius 2 is 1.79 bits per heavy atom. The van der Waals surface area contributed by atoms with Crippen molar-refractivity contribution in [3.8, 4) is 0 Å². The molecule has 1 aromatic carbocycles. The van der Waals surface area contributed by atoms with Crippen LogP contribution in [-0.4, -0.2) is 38.6 Å². The first-order chi connectivity index (χ1) is 15.7. The molecular formula is C28H44O4S. The quantitative estimate of drug-likeness (QED) is 0.364. The van der Waals surface area contributed by atoms with Gasteiger partial charge in [0.15, 0.2) is 9.84 Å². The minimum atomic E-state index is -3.39. The lowest BCUT2D eigenvalue weighted by Crippen LogP contribution is -2.38. The van der Waals surface area contributed by atoms with E-state index in [0.717, 1.165) is 37.7 Å². The van der Waals surface area contributed by atoms with Gasteiger partial charge in [0, 0.05) is 12.3 Å². The Labute approximate surface area is 202 Å². The molecule has 186 valence electrons. The predicted molar refractivity (Wildman–Crippen MR) is 135 cm³/mol. The molecule has 2 aliphatic heterocycles. The molecule has 0 aromatic heterocycles. The van der Waals surface area contributed by atoms with Crippen molar-refractivity contribution in [3.05, 3.63) is 42.5 Å². The van der Waals surface area contributed by atoms with E-state index in [9.17, 15) is 8.42 Å². The van der Waals surface area contributed by atoms with Crippen LogP contribution < -0.4 is 0 Å². The predicted octanol–water partition coefficient (Wildman–Crippen LogP) is 6.46. The highest BCUT2D eigenvalue weighted by atomic mass is 32.2. The van der Waals surface area contributed by atoms with Gasteiger partial charge in [0.1, 0.15) is 0 Å². The summed E-state index contributed by atoms with van der Waals surface area (Å²) < 4.78 is 39.7. The van der Waals surface area contributed by atoms with Crippen molar-refractivity contribution in [2.24, 2.45) is 23.7 Å². The van der Waals surface area contributed by atoms with Gasteiger partial charge < -0.3 is 9.47 Å². The Morgan fingerprint density at radius 3 is 2.42 bits per heavy atom. The van der Waals surface area contributed by atoms with Crippen molar-refractivity contribution in [2.45, 2.75) is 102 Å². The summed E-state index contributed by atoms with van der Waals surface area (Å²) in [6, 6.07) is 8.83. The van der Waals surface area contributed by atoms with Crippen LogP contribution in [0.2, 0.25) is 0 Å². The van der Waals surface area contributed by atoms with Crippen LogP contribution in [-0.2, 0) is 19.3 Å². The lowest BCUT2D eigenvalue weighted by Gasteiger charge is -2.38. The second-order valence-electron chi connectivity index (χ2n) is 10.6. The van der Waals surface area contributed by atoms with Crippen LogP contribution in [0, 0.1) is 23.7 Å². The lowest BCUT2D eigenvalue weighted by atomic mass is 9.81. The van der Waals surface area contributed by atoms with Crippen molar-refractivity contribution in [3.63, 3.8) is 0 Å². The first kappa shape index (κ1) is 26.4. The first-order valence-corrected chi connectivity index (χ1v) is 14.6. The molecule has 0 amide bonds. The molecule has 3 rings (SSSR count). The van der Waals surface area contributed by atoms with Gasteiger partial charge in [0.05, 0.1) is 35.1 Å². The van der Waals surface area contributed by atoms with E-state index >= 15 is 0 Å². The van der Waals surface area contributed by atoms with E-state index in [-0.39, 0.29) is 42.0 Å². The molecule has 0 radical (unpaired) electrons. The number of benzene rings is 1. The van der Waals surface area contributed by atoms with E-state index in [4.69, 9.17) is 9.47 Å². The van der Waals surface area contributed by atoms with Crippen LogP contribution in [0.5, 0.6) is 0 Å². The Bertz CT molecular complexity index is 865. The summed E-state index contributed by atoms with van der Waals surface area (Å²) in [5, 5.41) is 0.